The highest BCUT2D eigenvalue weighted by Crippen LogP contribution is 2.64. The van der Waals surface area contributed by atoms with Gasteiger partial charge in [-0.2, -0.15) is 5.26 Å². The van der Waals surface area contributed by atoms with Gasteiger partial charge in [0.2, 0.25) is 0 Å². The van der Waals surface area contributed by atoms with Gasteiger partial charge in [0.25, 0.3) is 0 Å². The van der Waals surface area contributed by atoms with E-state index in [1.165, 1.54) is 30.4 Å². The van der Waals surface area contributed by atoms with E-state index < -0.39 is 0 Å². The molecule has 1 aliphatic heterocycles. The van der Waals surface area contributed by atoms with Crippen LogP contribution in [0, 0.1) is 29.1 Å². The normalized spacial score (nSPS) is 38.6. The lowest BCUT2D eigenvalue weighted by molar-refractivity contribution is -0.137. The fourth-order valence-corrected chi connectivity index (χ4v) is 7.02. The van der Waals surface area contributed by atoms with Crippen LogP contribution < -0.4 is 10.1 Å². The van der Waals surface area contributed by atoms with Gasteiger partial charge in [-0.05, 0) is 74.5 Å². The van der Waals surface area contributed by atoms with E-state index in [4.69, 9.17) is 4.74 Å². The van der Waals surface area contributed by atoms with Crippen LogP contribution in [-0.4, -0.2) is 24.5 Å². The number of carbonyl (C=O) groups excluding carboxylic acids is 1. The molecule has 2 bridgehead atoms. The number of hydrogen-bond acceptors (Lipinski definition) is 4. The first-order valence-corrected chi connectivity index (χ1v) is 10.7. The van der Waals surface area contributed by atoms with Gasteiger partial charge in [-0.15, -0.1) is 0 Å². The van der Waals surface area contributed by atoms with Crippen LogP contribution in [-0.2, 0) is 16.6 Å². The zero-order valence-corrected chi connectivity index (χ0v) is 15.7. The van der Waals surface area contributed by atoms with Crippen molar-refractivity contribution in [2.24, 2.45) is 17.8 Å². The zero-order chi connectivity index (χ0) is 18.2. The molecule has 1 heterocycles. The standard InChI is InChI=1S/C23H26N2O2/c24-11-15-5-4-14-10-16-17-6-7-19(26)22-23(17,20(14)21(15)27-22)9-8-18(16)25-12-13-2-1-3-13/h4-5,13,16-18,22,25H,1-3,6-10,12H2/t16-,17+,18?,22+,23+/m1/s1. The van der Waals surface area contributed by atoms with Crippen molar-refractivity contribution in [3.8, 4) is 11.8 Å². The smallest absolute Gasteiger partial charge is 0.174 e. The second-order valence-electron chi connectivity index (χ2n) is 9.46. The number of hydrogen-bond donors (Lipinski definition) is 1. The number of carbonyl (C=O) groups is 1. The van der Waals surface area contributed by atoms with E-state index in [9.17, 15) is 10.1 Å². The highest BCUT2D eigenvalue weighted by Gasteiger charge is 2.65. The van der Waals surface area contributed by atoms with Crippen molar-refractivity contribution in [3.63, 3.8) is 0 Å². The summed E-state index contributed by atoms with van der Waals surface area (Å²) in [6.07, 6.45) is 8.62. The topological polar surface area (TPSA) is 62.1 Å². The number of nitrogens with zero attached hydrogens (tertiary/aromatic N) is 1. The van der Waals surface area contributed by atoms with Gasteiger partial charge < -0.3 is 10.1 Å². The largest absolute Gasteiger partial charge is 0.480 e. The maximum Gasteiger partial charge on any atom is 0.174 e. The van der Waals surface area contributed by atoms with Crippen molar-refractivity contribution in [3.05, 3.63) is 28.8 Å². The van der Waals surface area contributed by atoms with Crippen molar-refractivity contribution in [1.29, 1.82) is 5.26 Å². The molecule has 4 heteroatoms. The molecule has 3 fully saturated rings. The molecule has 27 heavy (non-hydrogen) atoms. The van der Waals surface area contributed by atoms with Crippen LogP contribution in [0.5, 0.6) is 5.75 Å². The molecule has 0 aromatic heterocycles. The molecule has 4 nitrogen and oxygen atoms in total. The Morgan fingerprint density at radius 1 is 1.26 bits per heavy atom. The lowest BCUT2D eigenvalue weighted by Crippen LogP contribution is -2.63. The molecular weight excluding hydrogens is 336 g/mol. The van der Waals surface area contributed by atoms with Crippen LogP contribution >= 0.6 is 0 Å². The summed E-state index contributed by atoms with van der Waals surface area (Å²) in [5.41, 5.74) is 3.01. The van der Waals surface area contributed by atoms with E-state index in [-0.39, 0.29) is 17.3 Å². The number of rotatable bonds is 3. The van der Waals surface area contributed by atoms with Crippen LogP contribution in [0.4, 0.5) is 0 Å². The Hall–Kier alpha value is -1.86. The van der Waals surface area contributed by atoms with Crippen LogP contribution in [0.25, 0.3) is 0 Å². The molecular formula is C23H26N2O2. The summed E-state index contributed by atoms with van der Waals surface area (Å²) in [5.74, 6) is 2.95. The second-order valence-corrected chi connectivity index (χ2v) is 9.46. The van der Waals surface area contributed by atoms with Gasteiger partial charge >= 0.3 is 0 Å². The van der Waals surface area contributed by atoms with E-state index in [1.807, 2.05) is 6.07 Å². The summed E-state index contributed by atoms with van der Waals surface area (Å²) in [5, 5.41) is 13.5. The van der Waals surface area contributed by atoms with Crippen molar-refractivity contribution in [1.82, 2.24) is 5.32 Å². The highest BCUT2D eigenvalue weighted by atomic mass is 16.5. The lowest BCUT2D eigenvalue weighted by atomic mass is 9.47. The number of ketones is 1. The fraction of sp³-hybridized carbons (Fsp3) is 0.652. The predicted molar refractivity (Wildman–Crippen MR) is 101 cm³/mol. The molecule has 1 N–H and O–H groups in total. The first-order chi connectivity index (χ1) is 13.2. The van der Waals surface area contributed by atoms with Crippen LogP contribution in [0.2, 0.25) is 0 Å². The zero-order valence-electron chi connectivity index (χ0n) is 15.7. The molecule has 5 atom stereocenters. The molecule has 1 aromatic carbocycles. The third-order valence-electron chi connectivity index (χ3n) is 8.44. The summed E-state index contributed by atoms with van der Waals surface area (Å²) in [6, 6.07) is 6.90. The summed E-state index contributed by atoms with van der Waals surface area (Å²) >= 11 is 0. The van der Waals surface area contributed by atoms with E-state index in [0.717, 1.165) is 43.9 Å². The second kappa shape index (κ2) is 5.58. The summed E-state index contributed by atoms with van der Waals surface area (Å²) in [7, 11) is 0. The quantitative estimate of drug-likeness (QED) is 0.896. The van der Waals surface area contributed by atoms with Crippen LogP contribution in [0.15, 0.2) is 12.1 Å². The van der Waals surface area contributed by atoms with Gasteiger partial charge in [-0.3, -0.25) is 4.79 Å². The molecule has 1 unspecified atom stereocenters. The third-order valence-corrected chi connectivity index (χ3v) is 8.44. The first-order valence-electron chi connectivity index (χ1n) is 10.7. The number of Topliss-reactive ketones (excluding diaryl/α,β-unsaturated/α-hetero) is 1. The van der Waals surface area contributed by atoms with Crippen molar-refractivity contribution in [2.75, 3.05) is 6.54 Å². The van der Waals surface area contributed by atoms with E-state index in [2.05, 4.69) is 17.5 Å². The van der Waals surface area contributed by atoms with Gasteiger partial charge in [0.15, 0.2) is 11.9 Å². The van der Waals surface area contributed by atoms with E-state index >= 15 is 0 Å². The average Bonchev–Trinajstić information content (AvgIpc) is 2.98. The molecule has 4 aliphatic carbocycles. The van der Waals surface area contributed by atoms with Gasteiger partial charge in [0.05, 0.1) is 5.56 Å². The Morgan fingerprint density at radius 3 is 2.93 bits per heavy atom. The van der Waals surface area contributed by atoms with Gasteiger partial charge in [0, 0.05) is 23.4 Å². The summed E-state index contributed by atoms with van der Waals surface area (Å²) in [6.45, 7) is 1.16. The van der Waals surface area contributed by atoms with Crippen molar-refractivity contribution >= 4 is 5.78 Å². The molecule has 3 saturated carbocycles. The minimum atomic E-state index is -0.352. The molecule has 5 aliphatic rings. The Morgan fingerprint density at radius 2 is 2.15 bits per heavy atom. The summed E-state index contributed by atoms with van der Waals surface area (Å²) in [4.78, 5) is 12.8. The first kappa shape index (κ1) is 16.1. The number of nitrogens with one attached hydrogen (secondary N) is 1. The van der Waals surface area contributed by atoms with Gasteiger partial charge in [-0.25, -0.2) is 0 Å². The third kappa shape index (κ3) is 1.99. The Kier molecular flexibility index (Phi) is 3.33. The number of ether oxygens (including phenoxy) is 1. The van der Waals surface area contributed by atoms with Crippen LogP contribution in [0.3, 0.4) is 0 Å². The molecule has 1 spiro atoms. The summed E-state index contributed by atoms with van der Waals surface area (Å²) < 4.78 is 6.28. The number of nitriles is 1. The average molecular weight is 362 g/mol. The Bertz CT molecular complexity index is 868. The lowest BCUT2D eigenvalue weighted by Gasteiger charge is -2.56. The Labute approximate surface area is 160 Å². The predicted octanol–water partition coefficient (Wildman–Crippen LogP) is 3.26. The van der Waals surface area contributed by atoms with E-state index in [1.54, 1.807) is 0 Å². The molecule has 140 valence electrons. The fourth-order valence-electron chi connectivity index (χ4n) is 7.02. The van der Waals surface area contributed by atoms with Crippen molar-refractivity contribution in [2.45, 2.75) is 68.9 Å². The van der Waals surface area contributed by atoms with E-state index in [0.29, 0.717) is 29.9 Å². The minimum Gasteiger partial charge on any atom is -0.480 e. The minimum absolute atomic E-state index is 0.162. The highest BCUT2D eigenvalue weighted by molar-refractivity contribution is 5.89. The van der Waals surface area contributed by atoms with Crippen LogP contribution in [0.1, 0.15) is 61.6 Å². The molecule has 0 saturated heterocycles. The van der Waals surface area contributed by atoms with Gasteiger partial charge in [-0.1, -0.05) is 12.5 Å². The number of benzene rings is 1. The maximum atomic E-state index is 12.8. The van der Waals surface area contributed by atoms with Crippen molar-refractivity contribution < 1.29 is 9.53 Å². The van der Waals surface area contributed by atoms with Gasteiger partial charge in [0.1, 0.15) is 11.8 Å². The molecule has 6 rings (SSSR count). The molecule has 0 radical (unpaired) electrons. The maximum absolute atomic E-state index is 12.8. The molecule has 1 aromatic rings. The molecule has 0 amide bonds. The monoisotopic (exact) mass is 362 g/mol. The Balaban J connectivity index is 1.43. The SMILES string of the molecule is N#Cc1ccc2c3c1O[C@H]1C(=O)CC[C@H]4[C@@H](C2)C(NCC2CCC2)CC[C@]314.